The van der Waals surface area contributed by atoms with Crippen LogP contribution in [0.25, 0.3) is 0 Å². The summed E-state index contributed by atoms with van der Waals surface area (Å²) in [6.45, 7) is 5.53. The Morgan fingerprint density at radius 1 is 1.38 bits per heavy atom. The first-order valence-corrected chi connectivity index (χ1v) is 5.98. The fraction of sp³-hybridized carbons (Fsp3) is 0.538. The molecule has 0 fully saturated rings. The van der Waals surface area contributed by atoms with Gasteiger partial charge in [0.2, 0.25) is 0 Å². The Kier molecular flexibility index (Phi) is 5.64. The molecule has 0 aromatic heterocycles. The Morgan fingerprint density at radius 2 is 2.12 bits per heavy atom. The van der Waals surface area contributed by atoms with E-state index in [9.17, 15) is 0 Å². The highest BCUT2D eigenvalue weighted by atomic mass is 35.5. The molecule has 90 valence electrons. The molecule has 0 N–H and O–H groups in total. The Hall–Kier alpha value is -0.730. The van der Waals surface area contributed by atoms with Gasteiger partial charge in [0, 0.05) is 13.7 Å². The summed E-state index contributed by atoms with van der Waals surface area (Å²) in [6.07, 6.45) is 1.00. The Labute approximate surface area is 103 Å². The van der Waals surface area contributed by atoms with Crippen LogP contribution < -0.4 is 4.74 Å². The molecule has 0 aliphatic carbocycles. The molecule has 0 aliphatic heterocycles. The normalized spacial score (nSPS) is 12.5. The minimum Gasteiger partial charge on any atom is -0.492 e. The molecule has 0 bridgehead atoms. The predicted molar refractivity (Wildman–Crippen MR) is 67.5 cm³/mol. The highest BCUT2D eigenvalue weighted by Crippen LogP contribution is 2.29. The van der Waals surface area contributed by atoms with Crippen LogP contribution >= 0.6 is 11.6 Å². The summed E-state index contributed by atoms with van der Waals surface area (Å²) >= 11 is 6.13. The second-order valence-corrected chi connectivity index (χ2v) is 4.21. The van der Waals surface area contributed by atoms with Gasteiger partial charge in [0.05, 0.1) is 11.6 Å². The van der Waals surface area contributed by atoms with E-state index in [1.54, 1.807) is 7.11 Å². The molecule has 0 amide bonds. The van der Waals surface area contributed by atoms with Crippen molar-refractivity contribution < 1.29 is 9.47 Å². The SMILES string of the molecule is CCOc1ccc(C(C)CCOC)cc1Cl. The molecule has 0 aliphatic rings. The molecule has 1 rings (SSSR count). The first-order chi connectivity index (χ1) is 7.69. The molecule has 0 heterocycles. The summed E-state index contributed by atoms with van der Waals surface area (Å²) in [7, 11) is 1.72. The van der Waals surface area contributed by atoms with Gasteiger partial charge in [-0.3, -0.25) is 0 Å². The highest BCUT2D eigenvalue weighted by molar-refractivity contribution is 6.32. The molecule has 16 heavy (non-hydrogen) atoms. The number of methoxy groups -OCH3 is 1. The molecule has 2 nitrogen and oxygen atoms in total. The number of rotatable bonds is 6. The standard InChI is InChI=1S/C13H19ClO2/c1-4-16-13-6-5-11(9-12(13)14)10(2)7-8-15-3/h5-6,9-10H,4,7-8H2,1-3H3. The van der Waals surface area contributed by atoms with Crippen molar-refractivity contribution in [3.63, 3.8) is 0 Å². The van der Waals surface area contributed by atoms with Gasteiger partial charge in [0.25, 0.3) is 0 Å². The van der Waals surface area contributed by atoms with Gasteiger partial charge in [-0.1, -0.05) is 24.6 Å². The Morgan fingerprint density at radius 3 is 2.69 bits per heavy atom. The largest absolute Gasteiger partial charge is 0.492 e. The summed E-state index contributed by atoms with van der Waals surface area (Å²) in [6, 6.07) is 5.98. The van der Waals surface area contributed by atoms with Crippen LogP contribution in [0.3, 0.4) is 0 Å². The Bertz CT molecular complexity index is 326. The van der Waals surface area contributed by atoms with Crippen LogP contribution in [0.1, 0.15) is 31.7 Å². The lowest BCUT2D eigenvalue weighted by Crippen LogP contribution is -1.99. The van der Waals surface area contributed by atoms with Crippen LogP contribution in [0.15, 0.2) is 18.2 Å². The molecule has 3 heteroatoms. The van der Waals surface area contributed by atoms with E-state index >= 15 is 0 Å². The zero-order chi connectivity index (χ0) is 12.0. The lowest BCUT2D eigenvalue weighted by Gasteiger charge is -2.13. The molecule has 0 saturated carbocycles. The number of halogens is 1. The van der Waals surface area contributed by atoms with E-state index in [0.29, 0.717) is 17.5 Å². The van der Waals surface area contributed by atoms with Crippen molar-refractivity contribution in [1.82, 2.24) is 0 Å². The first kappa shape index (κ1) is 13.3. The van der Waals surface area contributed by atoms with Gasteiger partial charge >= 0.3 is 0 Å². The van der Waals surface area contributed by atoms with Crippen LogP contribution in [0.4, 0.5) is 0 Å². The minimum atomic E-state index is 0.452. The van der Waals surface area contributed by atoms with Crippen molar-refractivity contribution in [2.24, 2.45) is 0 Å². The molecule has 0 saturated heterocycles. The molecule has 0 radical (unpaired) electrons. The third kappa shape index (κ3) is 3.69. The van der Waals surface area contributed by atoms with Crippen LogP contribution in [0, 0.1) is 0 Å². The molecule has 1 aromatic rings. The van der Waals surface area contributed by atoms with E-state index in [1.807, 2.05) is 19.1 Å². The van der Waals surface area contributed by atoms with E-state index in [2.05, 4.69) is 13.0 Å². The molecular weight excluding hydrogens is 224 g/mol. The third-order valence-electron chi connectivity index (χ3n) is 2.58. The van der Waals surface area contributed by atoms with E-state index in [-0.39, 0.29) is 0 Å². The quantitative estimate of drug-likeness (QED) is 0.754. The second kappa shape index (κ2) is 6.77. The molecule has 1 atom stereocenters. The van der Waals surface area contributed by atoms with Gasteiger partial charge in [0.1, 0.15) is 5.75 Å². The van der Waals surface area contributed by atoms with E-state index in [1.165, 1.54) is 5.56 Å². The zero-order valence-electron chi connectivity index (χ0n) is 10.1. The van der Waals surface area contributed by atoms with E-state index < -0.39 is 0 Å². The van der Waals surface area contributed by atoms with Crippen molar-refractivity contribution in [3.8, 4) is 5.75 Å². The maximum atomic E-state index is 6.13. The molecule has 1 aromatic carbocycles. The van der Waals surface area contributed by atoms with Gasteiger partial charge in [-0.15, -0.1) is 0 Å². The van der Waals surface area contributed by atoms with Gasteiger partial charge in [0.15, 0.2) is 0 Å². The lowest BCUT2D eigenvalue weighted by atomic mass is 9.98. The number of hydrogen-bond acceptors (Lipinski definition) is 2. The van der Waals surface area contributed by atoms with Gasteiger partial charge in [-0.25, -0.2) is 0 Å². The average Bonchev–Trinajstić information content (AvgIpc) is 2.29. The number of benzene rings is 1. The van der Waals surface area contributed by atoms with E-state index in [0.717, 1.165) is 18.8 Å². The number of hydrogen-bond donors (Lipinski definition) is 0. The van der Waals surface area contributed by atoms with Crippen molar-refractivity contribution in [3.05, 3.63) is 28.8 Å². The van der Waals surface area contributed by atoms with Crippen LogP contribution in [-0.2, 0) is 4.74 Å². The lowest BCUT2D eigenvalue weighted by molar-refractivity contribution is 0.189. The summed E-state index contributed by atoms with van der Waals surface area (Å²) < 4.78 is 10.5. The monoisotopic (exact) mass is 242 g/mol. The third-order valence-corrected chi connectivity index (χ3v) is 2.88. The van der Waals surface area contributed by atoms with Crippen molar-refractivity contribution in [2.45, 2.75) is 26.2 Å². The summed E-state index contributed by atoms with van der Waals surface area (Å²) in [4.78, 5) is 0. The maximum Gasteiger partial charge on any atom is 0.137 e. The van der Waals surface area contributed by atoms with Crippen LogP contribution in [0.2, 0.25) is 5.02 Å². The van der Waals surface area contributed by atoms with Gasteiger partial charge in [-0.2, -0.15) is 0 Å². The molecule has 0 spiro atoms. The van der Waals surface area contributed by atoms with Crippen molar-refractivity contribution >= 4 is 11.6 Å². The van der Waals surface area contributed by atoms with Crippen LogP contribution in [0.5, 0.6) is 5.75 Å². The zero-order valence-corrected chi connectivity index (χ0v) is 10.9. The van der Waals surface area contributed by atoms with Crippen LogP contribution in [-0.4, -0.2) is 20.3 Å². The Balaban J connectivity index is 2.71. The van der Waals surface area contributed by atoms with Crippen molar-refractivity contribution in [1.29, 1.82) is 0 Å². The van der Waals surface area contributed by atoms with Gasteiger partial charge < -0.3 is 9.47 Å². The van der Waals surface area contributed by atoms with E-state index in [4.69, 9.17) is 21.1 Å². The maximum absolute atomic E-state index is 6.13. The summed E-state index contributed by atoms with van der Waals surface area (Å²) in [5.41, 5.74) is 1.23. The van der Waals surface area contributed by atoms with Gasteiger partial charge in [-0.05, 0) is 37.0 Å². The second-order valence-electron chi connectivity index (χ2n) is 3.81. The predicted octanol–water partition coefficient (Wildman–Crippen LogP) is 3.88. The minimum absolute atomic E-state index is 0.452. The summed E-state index contributed by atoms with van der Waals surface area (Å²) in [5.74, 6) is 1.21. The van der Waals surface area contributed by atoms with Crippen molar-refractivity contribution in [2.75, 3.05) is 20.3 Å². The number of ether oxygens (including phenoxy) is 2. The first-order valence-electron chi connectivity index (χ1n) is 5.60. The fourth-order valence-corrected chi connectivity index (χ4v) is 1.80. The fourth-order valence-electron chi connectivity index (χ4n) is 1.56. The smallest absolute Gasteiger partial charge is 0.137 e. The molecule has 1 unspecified atom stereocenters. The topological polar surface area (TPSA) is 18.5 Å². The summed E-state index contributed by atoms with van der Waals surface area (Å²) in [5, 5.41) is 0.684. The molecular formula is C13H19ClO2. The highest BCUT2D eigenvalue weighted by Gasteiger charge is 2.08. The average molecular weight is 243 g/mol.